The molecule has 1 aliphatic rings. The molecule has 0 aliphatic carbocycles. The zero-order valence-corrected chi connectivity index (χ0v) is 13.6. The van der Waals surface area contributed by atoms with Gasteiger partial charge in [-0.1, -0.05) is 13.0 Å². The number of aromatic carboxylic acids is 1. The van der Waals surface area contributed by atoms with Crippen LogP contribution in [0.15, 0.2) is 30.3 Å². The molecule has 6 heteroatoms. The van der Waals surface area contributed by atoms with Gasteiger partial charge < -0.3 is 24.4 Å². The van der Waals surface area contributed by atoms with Crippen molar-refractivity contribution in [2.45, 2.75) is 18.9 Å². The SMILES string of the molecule is COc1cc(C2Oc3c(OC)cc(C(=O)O)cc3C2C)ccc1O. The van der Waals surface area contributed by atoms with Gasteiger partial charge in [-0.2, -0.15) is 0 Å². The lowest BCUT2D eigenvalue weighted by Crippen LogP contribution is -2.07. The number of carboxylic acids is 1. The van der Waals surface area contributed by atoms with Gasteiger partial charge in [-0.25, -0.2) is 4.79 Å². The van der Waals surface area contributed by atoms with Crippen molar-refractivity contribution in [3.63, 3.8) is 0 Å². The van der Waals surface area contributed by atoms with E-state index in [1.807, 2.05) is 6.92 Å². The van der Waals surface area contributed by atoms with Gasteiger partial charge in [0.15, 0.2) is 23.0 Å². The molecule has 2 N–H and O–H groups in total. The Hall–Kier alpha value is -2.89. The van der Waals surface area contributed by atoms with Gasteiger partial charge in [0.1, 0.15) is 6.10 Å². The lowest BCUT2D eigenvalue weighted by atomic mass is 9.91. The second-order valence-electron chi connectivity index (χ2n) is 5.66. The molecule has 0 aromatic heterocycles. The highest BCUT2D eigenvalue weighted by Crippen LogP contribution is 2.51. The number of carboxylic acid groups (broad SMARTS) is 1. The number of phenols is 1. The lowest BCUT2D eigenvalue weighted by molar-refractivity contribution is 0.0696. The maximum absolute atomic E-state index is 11.3. The van der Waals surface area contributed by atoms with Gasteiger partial charge in [0.25, 0.3) is 0 Å². The minimum Gasteiger partial charge on any atom is -0.504 e. The van der Waals surface area contributed by atoms with E-state index >= 15 is 0 Å². The molecular formula is C18H18O6. The van der Waals surface area contributed by atoms with Crippen molar-refractivity contribution in [3.05, 3.63) is 47.0 Å². The lowest BCUT2D eigenvalue weighted by Gasteiger charge is -2.17. The van der Waals surface area contributed by atoms with Gasteiger partial charge in [-0.3, -0.25) is 0 Å². The second kappa shape index (κ2) is 5.96. The van der Waals surface area contributed by atoms with E-state index in [0.29, 0.717) is 17.2 Å². The van der Waals surface area contributed by atoms with Crippen LogP contribution in [0.4, 0.5) is 0 Å². The van der Waals surface area contributed by atoms with Crippen LogP contribution < -0.4 is 14.2 Å². The second-order valence-corrected chi connectivity index (χ2v) is 5.66. The molecule has 126 valence electrons. The van der Waals surface area contributed by atoms with E-state index in [4.69, 9.17) is 14.2 Å². The van der Waals surface area contributed by atoms with Crippen LogP contribution in [0.3, 0.4) is 0 Å². The molecule has 1 heterocycles. The topological polar surface area (TPSA) is 85.2 Å². The summed E-state index contributed by atoms with van der Waals surface area (Å²) in [6.07, 6.45) is -0.326. The maximum Gasteiger partial charge on any atom is 0.335 e. The van der Waals surface area contributed by atoms with Crippen molar-refractivity contribution < 1.29 is 29.2 Å². The molecule has 3 rings (SSSR count). The van der Waals surface area contributed by atoms with Crippen LogP contribution in [0.25, 0.3) is 0 Å². The standard InChI is InChI=1S/C18H18O6/c1-9-12-6-11(18(20)21)8-15(23-3)17(12)24-16(9)10-4-5-13(19)14(7-10)22-2/h4-9,16,19H,1-3H3,(H,20,21). The Kier molecular flexibility index (Phi) is 3.97. The summed E-state index contributed by atoms with van der Waals surface area (Å²) in [5.74, 6) is 0.255. The normalized spacial score (nSPS) is 18.6. The molecule has 0 fully saturated rings. The predicted molar refractivity (Wildman–Crippen MR) is 86.4 cm³/mol. The van der Waals surface area contributed by atoms with Crippen molar-refractivity contribution >= 4 is 5.97 Å². The van der Waals surface area contributed by atoms with Crippen LogP contribution in [-0.4, -0.2) is 30.4 Å². The zero-order chi connectivity index (χ0) is 17.4. The first-order chi connectivity index (χ1) is 11.5. The number of hydrogen-bond donors (Lipinski definition) is 2. The van der Waals surface area contributed by atoms with Crippen LogP contribution in [0.1, 0.15) is 40.4 Å². The van der Waals surface area contributed by atoms with Gasteiger partial charge >= 0.3 is 5.97 Å². The molecular weight excluding hydrogens is 312 g/mol. The van der Waals surface area contributed by atoms with Crippen molar-refractivity contribution in [1.29, 1.82) is 0 Å². The molecule has 0 saturated heterocycles. The Morgan fingerprint density at radius 1 is 1.12 bits per heavy atom. The molecule has 0 spiro atoms. The molecule has 6 nitrogen and oxygen atoms in total. The molecule has 0 radical (unpaired) electrons. The van der Waals surface area contributed by atoms with E-state index in [2.05, 4.69) is 0 Å². The first-order valence-corrected chi connectivity index (χ1v) is 7.45. The van der Waals surface area contributed by atoms with E-state index in [-0.39, 0.29) is 23.3 Å². The average Bonchev–Trinajstić information content (AvgIpc) is 2.91. The van der Waals surface area contributed by atoms with Crippen molar-refractivity contribution in [3.8, 4) is 23.0 Å². The largest absolute Gasteiger partial charge is 0.504 e. The van der Waals surface area contributed by atoms with Crippen LogP contribution in [0.2, 0.25) is 0 Å². The number of aromatic hydroxyl groups is 1. The number of carbonyl (C=O) groups is 1. The Balaban J connectivity index is 2.04. The Morgan fingerprint density at radius 2 is 1.83 bits per heavy atom. The average molecular weight is 330 g/mol. The van der Waals surface area contributed by atoms with Gasteiger partial charge in [-0.05, 0) is 29.8 Å². The Morgan fingerprint density at radius 3 is 2.46 bits per heavy atom. The quantitative estimate of drug-likeness (QED) is 0.894. The summed E-state index contributed by atoms with van der Waals surface area (Å²) >= 11 is 0. The van der Waals surface area contributed by atoms with Gasteiger partial charge in [0, 0.05) is 11.5 Å². The summed E-state index contributed by atoms with van der Waals surface area (Å²) in [4.78, 5) is 11.3. The summed E-state index contributed by atoms with van der Waals surface area (Å²) in [6, 6.07) is 8.09. The first kappa shape index (κ1) is 16.0. The fraction of sp³-hybridized carbons (Fsp3) is 0.278. The zero-order valence-electron chi connectivity index (χ0n) is 13.6. The number of fused-ring (bicyclic) bond motifs is 1. The van der Waals surface area contributed by atoms with Crippen LogP contribution >= 0.6 is 0 Å². The molecule has 0 amide bonds. The van der Waals surface area contributed by atoms with Crippen molar-refractivity contribution in [1.82, 2.24) is 0 Å². The van der Waals surface area contributed by atoms with E-state index < -0.39 is 5.97 Å². The predicted octanol–water partition coefficient (Wildman–Crippen LogP) is 3.34. The van der Waals surface area contributed by atoms with Crippen LogP contribution in [-0.2, 0) is 0 Å². The third-order valence-electron chi connectivity index (χ3n) is 4.27. The minimum atomic E-state index is -1.02. The highest BCUT2D eigenvalue weighted by atomic mass is 16.5. The molecule has 0 bridgehead atoms. The third kappa shape index (κ3) is 2.50. The van der Waals surface area contributed by atoms with Gasteiger partial charge in [0.2, 0.25) is 0 Å². The summed E-state index contributed by atoms with van der Waals surface area (Å²) in [5.41, 5.74) is 1.76. The number of methoxy groups -OCH3 is 2. The summed E-state index contributed by atoms with van der Waals surface area (Å²) in [6.45, 7) is 1.96. The molecule has 2 aromatic rings. The van der Waals surface area contributed by atoms with Crippen molar-refractivity contribution in [2.75, 3.05) is 14.2 Å². The third-order valence-corrected chi connectivity index (χ3v) is 4.27. The minimum absolute atomic E-state index is 0.0511. The maximum atomic E-state index is 11.3. The number of hydrogen-bond acceptors (Lipinski definition) is 5. The molecule has 1 aliphatic heterocycles. The van der Waals surface area contributed by atoms with E-state index in [1.165, 1.54) is 20.3 Å². The monoisotopic (exact) mass is 330 g/mol. The Bertz CT molecular complexity index is 798. The Labute approximate surface area is 139 Å². The molecule has 2 atom stereocenters. The molecule has 24 heavy (non-hydrogen) atoms. The van der Waals surface area contributed by atoms with Gasteiger partial charge in [0.05, 0.1) is 19.8 Å². The van der Waals surface area contributed by atoms with Crippen molar-refractivity contribution in [2.24, 2.45) is 0 Å². The summed E-state index contributed by atoms with van der Waals surface area (Å²) in [7, 11) is 2.96. The van der Waals surface area contributed by atoms with E-state index in [0.717, 1.165) is 11.1 Å². The fourth-order valence-electron chi connectivity index (χ4n) is 2.98. The fourth-order valence-corrected chi connectivity index (χ4v) is 2.98. The number of ether oxygens (including phenoxy) is 3. The highest BCUT2D eigenvalue weighted by molar-refractivity contribution is 5.89. The van der Waals surface area contributed by atoms with E-state index in [9.17, 15) is 15.0 Å². The smallest absolute Gasteiger partial charge is 0.335 e. The van der Waals surface area contributed by atoms with Crippen LogP contribution in [0, 0.1) is 0 Å². The van der Waals surface area contributed by atoms with E-state index in [1.54, 1.807) is 24.3 Å². The molecule has 2 unspecified atom stereocenters. The number of phenolic OH excluding ortho intramolecular Hbond substituents is 1. The molecule has 2 aromatic carbocycles. The molecule has 0 saturated carbocycles. The highest BCUT2D eigenvalue weighted by Gasteiger charge is 2.36. The summed E-state index contributed by atoms with van der Waals surface area (Å²) < 4.78 is 16.5. The number of benzene rings is 2. The summed E-state index contributed by atoms with van der Waals surface area (Å²) in [5, 5.41) is 19.0. The van der Waals surface area contributed by atoms with Gasteiger partial charge in [-0.15, -0.1) is 0 Å². The first-order valence-electron chi connectivity index (χ1n) is 7.45. The van der Waals surface area contributed by atoms with Crippen LogP contribution in [0.5, 0.6) is 23.0 Å². The number of rotatable bonds is 4.